The van der Waals surface area contributed by atoms with E-state index in [1.807, 2.05) is 54.6 Å². The molecule has 0 aromatic heterocycles. The minimum atomic E-state index is -2.00. The molecule has 2 atom stereocenters. The first-order chi connectivity index (χ1) is 10.1. The Hall–Kier alpha value is -1.21. The van der Waals surface area contributed by atoms with Gasteiger partial charge >= 0.3 is 0 Å². The van der Waals surface area contributed by atoms with Crippen molar-refractivity contribution in [3.05, 3.63) is 65.7 Å². The van der Waals surface area contributed by atoms with Gasteiger partial charge in [0, 0.05) is 0 Å². The van der Waals surface area contributed by atoms with E-state index in [0.717, 1.165) is 16.9 Å². The van der Waals surface area contributed by atoms with E-state index in [9.17, 15) is 8.76 Å². The van der Waals surface area contributed by atoms with Gasteiger partial charge in [0.2, 0.25) is 0 Å². The molecule has 0 radical (unpaired) electrons. The second-order valence-electron chi connectivity index (χ2n) is 4.15. The summed E-state index contributed by atoms with van der Waals surface area (Å²) in [5.74, 6) is 0.747. The monoisotopic (exact) mass is 338 g/mol. The van der Waals surface area contributed by atoms with Crippen molar-refractivity contribution >= 4 is 39.3 Å². The maximum Gasteiger partial charge on any atom is 0.171 e. The van der Waals surface area contributed by atoms with Crippen LogP contribution in [0.15, 0.2) is 54.6 Å². The van der Waals surface area contributed by atoms with Crippen LogP contribution in [0, 0.1) is 0 Å². The first-order valence-corrected chi connectivity index (χ1v) is 8.57. The largest absolute Gasteiger partial charge is 0.497 e. The lowest BCUT2D eigenvalue weighted by molar-refractivity contribution is 0.415. The summed E-state index contributed by atoms with van der Waals surface area (Å²) < 4.78 is 26.2. The van der Waals surface area contributed by atoms with E-state index in [-0.39, 0.29) is 0 Å². The Labute approximate surface area is 136 Å². The van der Waals surface area contributed by atoms with Crippen molar-refractivity contribution in [2.75, 3.05) is 7.11 Å². The minimum absolute atomic E-state index is 0.578. The van der Waals surface area contributed by atoms with Gasteiger partial charge in [-0.3, -0.25) is 0 Å². The number of hydrogen-bond acceptors (Lipinski definition) is 4. The maximum atomic E-state index is 11.6. The molecule has 1 N–H and O–H groups in total. The van der Waals surface area contributed by atoms with E-state index in [1.165, 1.54) is 11.8 Å². The summed E-state index contributed by atoms with van der Waals surface area (Å²) in [5.41, 5.74) is 1.61. The zero-order valence-corrected chi connectivity index (χ0v) is 13.7. The lowest BCUT2D eigenvalue weighted by atomic mass is 10.2. The third-order valence-corrected chi connectivity index (χ3v) is 5.68. The first kappa shape index (κ1) is 16.2. The quantitative estimate of drug-likeness (QED) is 0.659. The second kappa shape index (κ2) is 7.70. The number of benzene rings is 2. The fourth-order valence-corrected chi connectivity index (χ4v) is 4.10. The molecule has 3 nitrogen and oxygen atoms in total. The van der Waals surface area contributed by atoms with Crippen molar-refractivity contribution in [2.45, 2.75) is 4.58 Å². The van der Waals surface area contributed by atoms with Crippen LogP contribution in [0.1, 0.15) is 15.7 Å². The van der Waals surface area contributed by atoms with Crippen LogP contribution in [0.4, 0.5) is 0 Å². The molecule has 0 bridgehead atoms. The van der Waals surface area contributed by atoms with Gasteiger partial charge in [-0.2, -0.15) is 0 Å². The van der Waals surface area contributed by atoms with Crippen molar-refractivity contribution in [2.24, 2.45) is 0 Å². The average molecular weight is 338 g/mol. The van der Waals surface area contributed by atoms with Gasteiger partial charge in [-0.05, 0) is 35.4 Å². The summed E-state index contributed by atoms with van der Waals surface area (Å²) in [6, 6.07) is 16.5. The lowest BCUT2D eigenvalue weighted by Crippen LogP contribution is -2.05. The lowest BCUT2D eigenvalue weighted by Gasteiger charge is -2.14. The summed E-state index contributed by atoms with van der Waals surface area (Å²) in [6.07, 6.45) is 0. The van der Waals surface area contributed by atoms with Crippen molar-refractivity contribution in [3.63, 3.8) is 0 Å². The molecule has 0 aliphatic rings. The van der Waals surface area contributed by atoms with Crippen LogP contribution in [0.5, 0.6) is 5.75 Å². The van der Waals surface area contributed by atoms with Crippen LogP contribution in [-0.2, 0) is 11.1 Å². The highest BCUT2D eigenvalue weighted by molar-refractivity contribution is 8.27. The summed E-state index contributed by atoms with van der Waals surface area (Å²) in [6.45, 7) is 0. The van der Waals surface area contributed by atoms with Gasteiger partial charge in [-0.1, -0.05) is 54.3 Å². The molecule has 0 heterocycles. The Kier molecular flexibility index (Phi) is 5.93. The van der Waals surface area contributed by atoms with E-state index >= 15 is 0 Å². The van der Waals surface area contributed by atoms with Crippen molar-refractivity contribution in [3.8, 4) is 5.75 Å². The minimum Gasteiger partial charge on any atom is -0.497 e. The molecule has 2 unspecified atom stereocenters. The number of thiocarbonyl (C=S) groups is 1. The van der Waals surface area contributed by atoms with Gasteiger partial charge in [-0.25, -0.2) is 4.21 Å². The number of thioether (sulfide) groups is 1. The van der Waals surface area contributed by atoms with Crippen LogP contribution in [0.3, 0.4) is 0 Å². The van der Waals surface area contributed by atoms with Crippen molar-refractivity contribution in [1.29, 1.82) is 0 Å². The fraction of sp³-hybridized carbons (Fsp3) is 0.133. The highest BCUT2D eigenvalue weighted by Crippen LogP contribution is 2.34. The molecule has 0 aliphatic carbocycles. The number of methoxy groups -OCH3 is 1. The molecule has 0 saturated carbocycles. The topological polar surface area (TPSA) is 46.5 Å². The highest BCUT2D eigenvalue weighted by Gasteiger charge is 2.21. The smallest absolute Gasteiger partial charge is 0.171 e. The summed E-state index contributed by atoms with van der Waals surface area (Å²) in [5, 5.41) is 0. The zero-order valence-electron chi connectivity index (χ0n) is 11.3. The Bertz CT molecular complexity index is 626. The van der Waals surface area contributed by atoms with E-state index in [1.54, 1.807) is 7.11 Å². The molecule has 21 heavy (non-hydrogen) atoms. The predicted octanol–water partition coefficient (Wildman–Crippen LogP) is 4.02. The van der Waals surface area contributed by atoms with Gasteiger partial charge < -0.3 is 9.29 Å². The van der Waals surface area contributed by atoms with Gasteiger partial charge in [0.15, 0.2) is 11.1 Å². The SMILES string of the molecule is COc1ccc(C(=S)SC(c2ccccc2)S(=O)O)cc1. The van der Waals surface area contributed by atoms with Crippen LogP contribution >= 0.6 is 24.0 Å². The van der Waals surface area contributed by atoms with Crippen LogP contribution in [0.25, 0.3) is 0 Å². The molecule has 0 aliphatic heterocycles. The third-order valence-electron chi connectivity index (χ3n) is 2.79. The zero-order chi connectivity index (χ0) is 15.2. The number of rotatable bonds is 5. The fourth-order valence-electron chi connectivity index (χ4n) is 1.73. The summed E-state index contributed by atoms with van der Waals surface area (Å²) >= 11 is 4.58. The van der Waals surface area contributed by atoms with E-state index < -0.39 is 15.7 Å². The molecule has 2 aromatic carbocycles. The third kappa shape index (κ3) is 4.38. The maximum absolute atomic E-state index is 11.6. The first-order valence-electron chi connectivity index (χ1n) is 6.11. The van der Waals surface area contributed by atoms with Crippen LogP contribution in [-0.4, -0.2) is 20.1 Å². The number of ether oxygens (including phenoxy) is 1. The van der Waals surface area contributed by atoms with E-state index in [4.69, 9.17) is 17.0 Å². The highest BCUT2D eigenvalue weighted by atomic mass is 32.2. The normalized spacial score (nSPS) is 13.4. The Morgan fingerprint density at radius 2 is 1.81 bits per heavy atom. The van der Waals surface area contributed by atoms with Gasteiger partial charge in [0.25, 0.3) is 0 Å². The molecule has 0 fully saturated rings. The van der Waals surface area contributed by atoms with Crippen molar-refractivity contribution in [1.82, 2.24) is 0 Å². The molecule has 6 heteroatoms. The van der Waals surface area contributed by atoms with Crippen LogP contribution < -0.4 is 4.74 Å². The average Bonchev–Trinajstić information content (AvgIpc) is 2.53. The molecular formula is C15H14O3S3. The molecule has 0 saturated heterocycles. The Morgan fingerprint density at radius 1 is 1.19 bits per heavy atom. The van der Waals surface area contributed by atoms with Gasteiger partial charge in [-0.15, -0.1) is 0 Å². The molecule has 0 spiro atoms. The summed E-state index contributed by atoms with van der Waals surface area (Å²) in [4.78, 5) is 0. The number of hydrogen-bond donors (Lipinski definition) is 1. The molecule has 110 valence electrons. The van der Waals surface area contributed by atoms with Crippen LogP contribution in [0.2, 0.25) is 0 Å². The Morgan fingerprint density at radius 3 is 2.33 bits per heavy atom. The second-order valence-corrected chi connectivity index (χ2v) is 7.26. The predicted molar refractivity (Wildman–Crippen MR) is 92.2 cm³/mol. The molecule has 0 amide bonds. The van der Waals surface area contributed by atoms with E-state index in [0.29, 0.717) is 4.20 Å². The molecule has 2 rings (SSSR count). The van der Waals surface area contributed by atoms with Gasteiger partial charge in [0.05, 0.1) is 11.3 Å². The van der Waals surface area contributed by atoms with E-state index in [2.05, 4.69) is 0 Å². The summed E-state index contributed by atoms with van der Waals surface area (Å²) in [7, 11) is 1.60. The van der Waals surface area contributed by atoms with Crippen molar-refractivity contribution < 1.29 is 13.5 Å². The molecule has 2 aromatic rings. The van der Waals surface area contributed by atoms with Gasteiger partial charge in [0.1, 0.15) is 10.3 Å². The molecular weight excluding hydrogens is 324 g/mol. The Balaban J connectivity index is 2.16. The standard InChI is InChI=1S/C15H14O3S3/c1-18-13-9-7-11(8-10-13)14(19)20-15(21(16)17)12-5-3-2-4-6-12/h2-10,15H,1H3,(H,16,17).